The Balaban J connectivity index is 1.66. The summed E-state index contributed by atoms with van der Waals surface area (Å²) in [7, 11) is 0. The van der Waals surface area contributed by atoms with Gasteiger partial charge < -0.3 is 5.32 Å². The molecule has 0 spiro atoms. The number of non-ortho nitro benzene ring substituents is 1. The Morgan fingerprint density at radius 3 is 2.38 bits per heavy atom. The maximum Gasteiger partial charge on any atom is 0.269 e. The highest BCUT2D eigenvalue weighted by Gasteiger charge is 2.22. The standard InChI is InChI=1S/C25H23N5O3S/c1-17-8-6-7-11-20(17)16-34-25-28-27-23(18(2)26-24(31)19-9-4-3-5-10-19)29(25)21-12-14-22(15-13-21)30(32)33/h3-15,18H,16H2,1-2H3,(H,26,31). The maximum absolute atomic E-state index is 12.7. The van der Waals surface area contributed by atoms with Crippen LogP contribution in [0.2, 0.25) is 0 Å². The van der Waals surface area contributed by atoms with Gasteiger partial charge in [-0.2, -0.15) is 0 Å². The highest BCUT2D eigenvalue weighted by molar-refractivity contribution is 7.98. The number of hydrogen-bond donors (Lipinski definition) is 1. The lowest BCUT2D eigenvalue weighted by molar-refractivity contribution is -0.384. The van der Waals surface area contributed by atoms with E-state index in [2.05, 4.69) is 34.6 Å². The number of aryl methyl sites for hydroxylation is 1. The summed E-state index contributed by atoms with van der Waals surface area (Å²) < 4.78 is 1.84. The maximum atomic E-state index is 12.7. The third-order valence-corrected chi connectivity index (χ3v) is 6.34. The molecule has 4 rings (SSSR count). The van der Waals surface area contributed by atoms with Gasteiger partial charge in [0, 0.05) is 29.1 Å². The zero-order chi connectivity index (χ0) is 24.1. The smallest absolute Gasteiger partial charge is 0.269 e. The summed E-state index contributed by atoms with van der Waals surface area (Å²) in [6.07, 6.45) is 0. The van der Waals surface area contributed by atoms with E-state index < -0.39 is 11.0 Å². The quantitative estimate of drug-likeness (QED) is 0.212. The van der Waals surface area contributed by atoms with Crippen LogP contribution in [0.15, 0.2) is 84.0 Å². The van der Waals surface area contributed by atoms with Crippen LogP contribution in [0.4, 0.5) is 5.69 Å². The van der Waals surface area contributed by atoms with Crippen molar-refractivity contribution in [3.8, 4) is 5.69 Å². The average molecular weight is 474 g/mol. The number of aromatic nitrogens is 3. The van der Waals surface area contributed by atoms with Crippen molar-refractivity contribution in [1.29, 1.82) is 0 Å². The molecule has 1 heterocycles. The second-order valence-corrected chi connectivity index (χ2v) is 8.67. The predicted octanol–water partition coefficient (Wildman–Crippen LogP) is 5.27. The Bertz CT molecular complexity index is 1310. The summed E-state index contributed by atoms with van der Waals surface area (Å²) in [6, 6.07) is 22.8. The van der Waals surface area contributed by atoms with Gasteiger partial charge in [0.1, 0.15) is 0 Å². The number of nitro benzene ring substituents is 1. The molecule has 1 atom stereocenters. The first-order chi connectivity index (χ1) is 16.4. The number of thioether (sulfide) groups is 1. The molecular formula is C25H23N5O3S. The van der Waals surface area contributed by atoms with E-state index in [4.69, 9.17) is 0 Å². The number of amides is 1. The van der Waals surface area contributed by atoms with Crippen LogP contribution in [0.5, 0.6) is 0 Å². The predicted molar refractivity (Wildman–Crippen MR) is 131 cm³/mol. The number of rotatable bonds is 8. The Kier molecular flexibility index (Phi) is 7.03. The molecule has 1 unspecified atom stereocenters. The average Bonchev–Trinajstić information content (AvgIpc) is 3.28. The molecule has 1 N–H and O–H groups in total. The SMILES string of the molecule is Cc1ccccc1CSc1nnc(C(C)NC(=O)c2ccccc2)n1-c1ccc([N+](=O)[O-])cc1. The van der Waals surface area contributed by atoms with Crippen molar-refractivity contribution in [1.82, 2.24) is 20.1 Å². The van der Waals surface area contributed by atoms with Crippen LogP contribution in [0, 0.1) is 17.0 Å². The number of nitro groups is 1. The second kappa shape index (κ2) is 10.3. The number of benzene rings is 3. The van der Waals surface area contributed by atoms with E-state index in [0.29, 0.717) is 28.0 Å². The van der Waals surface area contributed by atoms with Crippen molar-refractivity contribution >= 4 is 23.4 Å². The molecular weight excluding hydrogens is 450 g/mol. The largest absolute Gasteiger partial charge is 0.342 e. The van der Waals surface area contributed by atoms with Gasteiger partial charge in [0.15, 0.2) is 11.0 Å². The van der Waals surface area contributed by atoms with Crippen LogP contribution in [-0.2, 0) is 5.75 Å². The summed E-state index contributed by atoms with van der Waals surface area (Å²) >= 11 is 1.52. The topological polar surface area (TPSA) is 103 Å². The van der Waals surface area contributed by atoms with Crippen molar-refractivity contribution in [2.24, 2.45) is 0 Å². The summed E-state index contributed by atoms with van der Waals surface area (Å²) in [5.74, 6) is 0.994. The first-order valence-corrected chi connectivity index (χ1v) is 11.7. The fourth-order valence-electron chi connectivity index (χ4n) is 3.47. The fourth-order valence-corrected chi connectivity index (χ4v) is 4.50. The third kappa shape index (κ3) is 5.15. The van der Waals surface area contributed by atoms with Crippen molar-refractivity contribution in [2.45, 2.75) is 30.8 Å². The van der Waals surface area contributed by atoms with Crippen LogP contribution in [-0.4, -0.2) is 25.6 Å². The van der Waals surface area contributed by atoms with Gasteiger partial charge in [-0.15, -0.1) is 10.2 Å². The molecule has 1 aromatic heterocycles. The second-order valence-electron chi connectivity index (χ2n) is 7.73. The molecule has 0 aliphatic carbocycles. The van der Waals surface area contributed by atoms with E-state index in [1.807, 2.05) is 29.7 Å². The molecule has 0 bridgehead atoms. The van der Waals surface area contributed by atoms with Crippen molar-refractivity contribution < 1.29 is 9.72 Å². The number of carbonyl (C=O) groups excluding carboxylic acids is 1. The molecule has 9 heteroatoms. The monoisotopic (exact) mass is 473 g/mol. The van der Waals surface area contributed by atoms with Gasteiger partial charge in [-0.05, 0) is 49.2 Å². The minimum Gasteiger partial charge on any atom is -0.342 e. The molecule has 1 amide bonds. The Hall–Kier alpha value is -3.98. The van der Waals surface area contributed by atoms with Gasteiger partial charge in [-0.25, -0.2) is 0 Å². The van der Waals surface area contributed by atoms with Gasteiger partial charge in [0.2, 0.25) is 0 Å². The van der Waals surface area contributed by atoms with E-state index >= 15 is 0 Å². The normalized spacial score (nSPS) is 11.7. The van der Waals surface area contributed by atoms with Crippen molar-refractivity contribution in [2.75, 3.05) is 0 Å². The summed E-state index contributed by atoms with van der Waals surface area (Å²) in [6.45, 7) is 3.89. The lowest BCUT2D eigenvalue weighted by Crippen LogP contribution is -2.28. The van der Waals surface area contributed by atoms with Crippen LogP contribution in [0.1, 0.15) is 40.3 Å². The van der Waals surface area contributed by atoms with E-state index in [1.54, 1.807) is 36.4 Å². The third-order valence-electron chi connectivity index (χ3n) is 5.37. The number of nitrogens with zero attached hydrogens (tertiary/aromatic N) is 4. The Morgan fingerprint density at radius 2 is 1.71 bits per heavy atom. The van der Waals surface area contributed by atoms with Gasteiger partial charge in [0.25, 0.3) is 11.6 Å². The van der Waals surface area contributed by atoms with Crippen LogP contribution in [0.25, 0.3) is 5.69 Å². The number of carbonyl (C=O) groups is 1. The molecule has 0 fully saturated rings. The van der Waals surface area contributed by atoms with Gasteiger partial charge in [0.05, 0.1) is 11.0 Å². The van der Waals surface area contributed by atoms with Gasteiger partial charge in [-0.1, -0.05) is 54.2 Å². The zero-order valence-electron chi connectivity index (χ0n) is 18.7. The molecule has 0 radical (unpaired) electrons. The molecule has 3 aromatic carbocycles. The molecule has 0 aliphatic rings. The lowest BCUT2D eigenvalue weighted by atomic mass is 10.1. The zero-order valence-corrected chi connectivity index (χ0v) is 19.5. The van der Waals surface area contributed by atoms with Gasteiger partial charge >= 0.3 is 0 Å². The minimum absolute atomic E-state index is 0.00193. The Labute approximate surface area is 201 Å². The fraction of sp³-hybridized carbons (Fsp3) is 0.160. The highest BCUT2D eigenvalue weighted by Crippen LogP contribution is 2.29. The molecule has 34 heavy (non-hydrogen) atoms. The Morgan fingerprint density at radius 1 is 1.03 bits per heavy atom. The molecule has 0 saturated heterocycles. The van der Waals surface area contributed by atoms with Crippen LogP contribution < -0.4 is 5.32 Å². The van der Waals surface area contributed by atoms with E-state index in [9.17, 15) is 14.9 Å². The summed E-state index contributed by atoms with van der Waals surface area (Å²) in [5.41, 5.74) is 3.58. The van der Waals surface area contributed by atoms with Crippen LogP contribution >= 0.6 is 11.8 Å². The minimum atomic E-state index is -0.455. The van der Waals surface area contributed by atoms with Crippen molar-refractivity contribution in [3.05, 3.63) is 111 Å². The molecule has 8 nitrogen and oxygen atoms in total. The van der Waals surface area contributed by atoms with Crippen LogP contribution in [0.3, 0.4) is 0 Å². The molecule has 4 aromatic rings. The first kappa shape index (κ1) is 23.2. The van der Waals surface area contributed by atoms with E-state index in [0.717, 1.165) is 0 Å². The van der Waals surface area contributed by atoms with Crippen molar-refractivity contribution in [3.63, 3.8) is 0 Å². The van der Waals surface area contributed by atoms with E-state index in [1.165, 1.54) is 35.0 Å². The molecule has 0 saturated carbocycles. The molecule has 172 valence electrons. The first-order valence-electron chi connectivity index (χ1n) is 10.7. The number of nitrogens with one attached hydrogen (secondary N) is 1. The lowest BCUT2D eigenvalue weighted by Gasteiger charge is -2.16. The summed E-state index contributed by atoms with van der Waals surface area (Å²) in [4.78, 5) is 23.4. The highest BCUT2D eigenvalue weighted by atomic mass is 32.2. The van der Waals surface area contributed by atoms with E-state index in [-0.39, 0.29) is 11.6 Å². The summed E-state index contributed by atoms with van der Waals surface area (Å²) in [5, 5.41) is 23.5. The molecule has 0 aliphatic heterocycles. The van der Waals surface area contributed by atoms with Gasteiger partial charge in [-0.3, -0.25) is 19.5 Å². The number of hydrogen-bond acceptors (Lipinski definition) is 6.